The van der Waals surface area contributed by atoms with Crippen molar-refractivity contribution in [3.63, 3.8) is 0 Å². The largest absolute Gasteiger partial charge is 0.398 e. The molecule has 0 spiro atoms. The molecule has 0 aliphatic heterocycles. The molecule has 0 heterocycles. The van der Waals surface area contributed by atoms with Crippen molar-refractivity contribution >= 4 is 17.5 Å². The van der Waals surface area contributed by atoms with Crippen LogP contribution in [0.4, 0.5) is 5.69 Å². The summed E-state index contributed by atoms with van der Waals surface area (Å²) in [6.07, 6.45) is 0. The van der Waals surface area contributed by atoms with Gasteiger partial charge in [0, 0.05) is 31.5 Å². The zero-order valence-corrected chi connectivity index (χ0v) is 12.4. The Kier molecular flexibility index (Phi) is 6.64. The fourth-order valence-corrected chi connectivity index (χ4v) is 1.83. The molecule has 0 unspecified atom stereocenters. The smallest absolute Gasteiger partial charge is 0.248 e. The Hall–Kier alpha value is -2.12. The number of methoxy groups -OCH3 is 1. The number of carbonyl (C=O) groups is 2. The van der Waals surface area contributed by atoms with Gasteiger partial charge in [0.25, 0.3) is 0 Å². The second-order valence-corrected chi connectivity index (χ2v) is 4.79. The summed E-state index contributed by atoms with van der Waals surface area (Å²) in [5.41, 5.74) is 12.8. The molecule has 0 saturated carbocycles. The Balaban J connectivity index is 2.53. The van der Waals surface area contributed by atoms with Gasteiger partial charge in [0.1, 0.15) is 0 Å². The van der Waals surface area contributed by atoms with Crippen molar-refractivity contribution in [1.82, 2.24) is 10.2 Å². The van der Waals surface area contributed by atoms with Gasteiger partial charge in [0.05, 0.1) is 13.2 Å². The highest BCUT2D eigenvalue weighted by molar-refractivity contribution is 5.93. The fraction of sp³-hybridized carbons (Fsp3) is 0.429. The molecular weight excluding hydrogens is 272 g/mol. The number of ether oxygens (including phenoxy) is 1. The Morgan fingerprint density at radius 2 is 2.10 bits per heavy atom. The first kappa shape index (κ1) is 16.9. The van der Waals surface area contributed by atoms with Gasteiger partial charge in [-0.15, -0.1) is 0 Å². The number of carbonyl (C=O) groups excluding carboxylic acids is 2. The highest BCUT2D eigenvalue weighted by Crippen LogP contribution is 2.15. The lowest BCUT2D eigenvalue weighted by atomic mass is 10.1. The van der Waals surface area contributed by atoms with E-state index < -0.39 is 5.91 Å². The molecule has 0 fully saturated rings. The van der Waals surface area contributed by atoms with E-state index >= 15 is 0 Å². The summed E-state index contributed by atoms with van der Waals surface area (Å²) in [6.45, 7) is 1.72. The zero-order valence-electron chi connectivity index (χ0n) is 12.4. The van der Waals surface area contributed by atoms with E-state index in [2.05, 4.69) is 5.32 Å². The number of rotatable bonds is 8. The molecule has 1 rings (SSSR count). The summed E-state index contributed by atoms with van der Waals surface area (Å²) >= 11 is 0. The molecular formula is C14H22N4O3. The maximum absolute atomic E-state index is 11.6. The molecule has 21 heavy (non-hydrogen) atoms. The van der Waals surface area contributed by atoms with E-state index in [0.717, 1.165) is 5.56 Å². The van der Waals surface area contributed by atoms with E-state index in [1.807, 2.05) is 11.9 Å². The Bertz CT molecular complexity index is 505. The number of hydrogen-bond donors (Lipinski definition) is 3. The summed E-state index contributed by atoms with van der Waals surface area (Å²) in [7, 11) is 3.40. The molecule has 0 aliphatic rings. The van der Waals surface area contributed by atoms with Crippen molar-refractivity contribution in [1.29, 1.82) is 0 Å². The van der Waals surface area contributed by atoms with Crippen LogP contribution in [0.15, 0.2) is 18.2 Å². The highest BCUT2D eigenvalue weighted by atomic mass is 16.5. The average Bonchev–Trinajstić information content (AvgIpc) is 2.41. The first-order valence-electron chi connectivity index (χ1n) is 6.56. The first-order valence-corrected chi connectivity index (χ1v) is 6.56. The number of nitrogens with two attached hydrogens (primary N) is 2. The van der Waals surface area contributed by atoms with Crippen LogP contribution in [0.3, 0.4) is 0 Å². The minimum absolute atomic E-state index is 0.0816. The van der Waals surface area contributed by atoms with Gasteiger partial charge >= 0.3 is 0 Å². The Labute approximate surface area is 124 Å². The lowest BCUT2D eigenvalue weighted by Crippen LogP contribution is -2.36. The van der Waals surface area contributed by atoms with Crippen molar-refractivity contribution in [3.05, 3.63) is 29.3 Å². The molecule has 0 atom stereocenters. The monoisotopic (exact) mass is 294 g/mol. The molecule has 1 aromatic carbocycles. The number of hydrogen-bond acceptors (Lipinski definition) is 5. The molecule has 7 nitrogen and oxygen atoms in total. The molecule has 0 saturated heterocycles. The van der Waals surface area contributed by atoms with Crippen LogP contribution in [0.5, 0.6) is 0 Å². The number of likely N-dealkylation sites (N-methyl/N-ethyl adjacent to an activating group) is 1. The van der Waals surface area contributed by atoms with Crippen molar-refractivity contribution < 1.29 is 14.3 Å². The van der Waals surface area contributed by atoms with Crippen LogP contribution >= 0.6 is 0 Å². The van der Waals surface area contributed by atoms with Crippen LogP contribution < -0.4 is 16.8 Å². The highest BCUT2D eigenvalue weighted by Gasteiger charge is 2.10. The van der Waals surface area contributed by atoms with Gasteiger partial charge in [-0.2, -0.15) is 0 Å². The van der Waals surface area contributed by atoms with Gasteiger partial charge in [-0.05, 0) is 24.7 Å². The molecule has 7 heteroatoms. The SMILES string of the molecule is COCCNC(=O)CN(C)Cc1ccc(C(N)=O)cc1N. The third-order valence-corrected chi connectivity index (χ3v) is 2.91. The Morgan fingerprint density at radius 3 is 2.67 bits per heavy atom. The number of primary amides is 1. The summed E-state index contributed by atoms with van der Waals surface area (Å²) in [5.74, 6) is -0.596. The van der Waals surface area contributed by atoms with E-state index in [1.165, 1.54) is 0 Å². The van der Waals surface area contributed by atoms with Gasteiger partial charge in [-0.25, -0.2) is 0 Å². The summed E-state index contributed by atoms with van der Waals surface area (Å²) < 4.78 is 4.86. The van der Waals surface area contributed by atoms with Crippen LogP contribution in [0.2, 0.25) is 0 Å². The third kappa shape index (κ3) is 5.80. The maximum atomic E-state index is 11.6. The van der Waals surface area contributed by atoms with E-state index in [9.17, 15) is 9.59 Å². The van der Waals surface area contributed by atoms with Gasteiger partial charge in [0.2, 0.25) is 11.8 Å². The van der Waals surface area contributed by atoms with E-state index in [1.54, 1.807) is 25.3 Å². The van der Waals surface area contributed by atoms with Crippen LogP contribution in [0.1, 0.15) is 15.9 Å². The number of benzene rings is 1. The van der Waals surface area contributed by atoms with Crippen LogP contribution in [-0.2, 0) is 16.1 Å². The van der Waals surface area contributed by atoms with E-state index in [0.29, 0.717) is 30.9 Å². The topological polar surface area (TPSA) is 111 Å². The molecule has 0 radical (unpaired) electrons. The lowest BCUT2D eigenvalue weighted by Gasteiger charge is -2.17. The summed E-state index contributed by atoms with van der Waals surface area (Å²) in [5, 5.41) is 2.74. The number of nitrogens with one attached hydrogen (secondary N) is 1. The standard InChI is InChI=1S/C14H22N4O3/c1-18(9-13(19)17-5-6-21-2)8-11-4-3-10(14(16)20)7-12(11)15/h3-4,7H,5-6,8-9,15H2,1-2H3,(H2,16,20)(H,17,19). The predicted octanol–water partition coefficient (Wildman–Crippen LogP) is -0.438. The second-order valence-electron chi connectivity index (χ2n) is 4.79. The molecule has 0 bridgehead atoms. The minimum Gasteiger partial charge on any atom is -0.398 e. The quantitative estimate of drug-likeness (QED) is 0.445. The summed E-state index contributed by atoms with van der Waals surface area (Å²) in [4.78, 5) is 24.5. The van der Waals surface area contributed by atoms with Gasteiger partial charge < -0.3 is 21.5 Å². The van der Waals surface area contributed by atoms with E-state index in [-0.39, 0.29) is 12.5 Å². The molecule has 5 N–H and O–H groups in total. The van der Waals surface area contributed by atoms with Crippen molar-refractivity contribution in [3.8, 4) is 0 Å². The predicted molar refractivity (Wildman–Crippen MR) is 80.6 cm³/mol. The minimum atomic E-state index is -0.515. The van der Waals surface area contributed by atoms with Gasteiger partial charge in [-0.3, -0.25) is 14.5 Å². The van der Waals surface area contributed by atoms with E-state index in [4.69, 9.17) is 16.2 Å². The zero-order chi connectivity index (χ0) is 15.8. The molecule has 0 aromatic heterocycles. The third-order valence-electron chi connectivity index (χ3n) is 2.91. The average molecular weight is 294 g/mol. The molecule has 116 valence electrons. The number of nitrogens with zero attached hydrogens (tertiary/aromatic N) is 1. The molecule has 2 amide bonds. The van der Waals surface area contributed by atoms with Gasteiger partial charge in [0.15, 0.2) is 0 Å². The molecule has 1 aromatic rings. The van der Waals surface area contributed by atoms with Crippen LogP contribution in [0, 0.1) is 0 Å². The normalized spacial score (nSPS) is 10.6. The summed E-state index contributed by atoms with van der Waals surface area (Å²) in [6, 6.07) is 4.92. The van der Waals surface area contributed by atoms with Crippen molar-refractivity contribution in [2.75, 3.05) is 39.6 Å². The van der Waals surface area contributed by atoms with Crippen LogP contribution in [-0.4, -0.2) is 50.6 Å². The lowest BCUT2D eigenvalue weighted by molar-refractivity contribution is -0.122. The molecule has 0 aliphatic carbocycles. The second kappa shape index (κ2) is 8.23. The van der Waals surface area contributed by atoms with Crippen molar-refractivity contribution in [2.45, 2.75) is 6.54 Å². The fourth-order valence-electron chi connectivity index (χ4n) is 1.83. The number of nitrogen functional groups attached to an aromatic ring is 1. The van der Waals surface area contributed by atoms with Crippen LogP contribution in [0.25, 0.3) is 0 Å². The van der Waals surface area contributed by atoms with Gasteiger partial charge in [-0.1, -0.05) is 6.07 Å². The number of anilines is 1. The first-order chi connectivity index (χ1) is 9.93. The maximum Gasteiger partial charge on any atom is 0.248 e. The number of amides is 2. The van der Waals surface area contributed by atoms with Crippen molar-refractivity contribution in [2.24, 2.45) is 5.73 Å². The Morgan fingerprint density at radius 1 is 1.38 bits per heavy atom.